The van der Waals surface area contributed by atoms with E-state index in [-0.39, 0.29) is 11.9 Å². The van der Waals surface area contributed by atoms with Crippen molar-refractivity contribution in [3.63, 3.8) is 0 Å². The van der Waals surface area contributed by atoms with Crippen molar-refractivity contribution in [3.05, 3.63) is 35.6 Å². The van der Waals surface area contributed by atoms with Gasteiger partial charge in [0.05, 0.1) is 6.10 Å². The fraction of sp³-hybridized carbons (Fsp3) is 0.538. The Labute approximate surface area is 96.5 Å². The van der Waals surface area contributed by atoms with Crippen molar-refractivity contribution in [1.82, 2.24) is 5.32 Å². The minimum atomic E-state index is -0.325. The Hall–Kier alpha value is -0.930. The molecule has 0 heterocycles. The van der Waals surface area contributed by atoms with E-state index in [1.165, 1.54) is 12.1 Å². The molecule has 2 nitrogen and oxygen atoms in total. The summed E-state index contributed by atoms with van der Waals surface area (Å²) >= 11 is 0. The summed E-state index contributed by atoms with van der Waals surface area (Å²) in [6.07, 6.45) is 0.462. The fourth-order valence-electron chi connectivity index (χ4n) is 1.66. The summed E-state index contributed by atoms with van der Waals surface area (Å²) in [5, 5.41) is 12.7. The van der Waals surface area contributed by atoms with Crippen LogP contribution in [0.4, 0.5) is 4.39 Å². The van der Waals surface area contributed by atoms with Crippen LogP contribution in [0.5, 0.6) is 0 Å². The van der Waals surface area contributed by atoms with E-state index in [1.807, 2.05) is 6.07 Å². The lowest BCUT2D eigenvalue weighted by molar-refractivity contribution is 0.146. The van der Waals surface area contributed by atoms with Gasteiger partial charge in [0.1, 0.15) is 5.82 Å². The van der Waals surface area contributed by atoms with Crippen LogP contribution >= 0.6 is 0 Å². The van der Waals surface area contributed by atoms with Crippen molar-refractivity contribution in [3.8, 4) is 0 Å². The Morgan fingerprint density at radius 3 is 2.75 bits per heavy atom. The van der Waals surface area contributed by atoms with Gasteiger partial charge in [-0.05, 0) is 30.0 Å². The molecule has 1 atom stereocenters. The van der Waals surface area contributed by atoms with Crippen molar-refractivity contribution in [1.29, 1.82) is 0 Å². The Bertz CT molecular complexity index is 315. The van der Waals surface area contributed by atoms with E-state index in [0.717, 1.165) is 12.0 Å². The maximum atomic E-state index is 12.8. The summed E-state index contributed by atoms with van der Waals surface area (Å²) in [7, 11) is 0. The van der Waals surface area contributed by atoms with Crippen LogP contribution in [-0.2, 0) is 6.54 Å². The molecular weight excluding hydrogens is 205 g/mol. The van der Waals surface area contributed by atoms with Crippen LogP contribution in [0.1, 0.15) is 25.8 Å². The third-order valence-corrected chi connectivity index (χ3v) is 2.34. The number of halogens is 1. The molecule has 0 aliphatic carbocycles. The van der Waals surface area contributed by atoms with Crippen LogP contribution < -0.4 is 5.32 Å². The quantitative estimate of drug-likeness (QED) is 0.778. The molecular formula is C13H20FNO. The molecule has 0 bridgehead atoms. The van der Waals surface area contributed by atoms with Crippen molar-refractivity contribution < 1.29 is 9.50 Å². The van der Waals surface area contributed by atoms with Crippen molar-refractivity contribution in [2.75, 3.05) is 6.54 Å². The van der Waals surface area contributed by atoms with Gasteiger partial charge in [0, 0.05) is 13.1 Å². The minimum absolute atomic E-state index is 0.220. The monoisotopic (exact) mass is 225 g/mol. The topological polar surface area (TPSA) is 32.3 Å². The standard InChI is InChI=1S/C13H20FNO/c1-10(2)6-13(16)9-15-8-11-4-3-5-12(14)7-11/h3-5,7,10,13,15-16H,6,8-9H2,1-2H3. The summed E-state index contributed by atoms with van der Waals surface area (Å²) in [6.45, 7) is 5.30. The van der Waals surface area contributed by atoms with Gasteiger partial charge in [-0.15, -0.1) is 0 Å². The summed E-state index contributed by atoms with van der Waals surface area (Å²) in [6, 6.07) is 6.49. The Kier molecular flexibility index (Phi) is 5.43. The van der Waals surface area contributed by atoms with Crippen LogP contribution in [-0.4, -0.2) is 17.8 Å². The van der Waals surface area contributed by atoms with Gasteiger partial charge in [0.15, 0.2) is 0 Å². The van der Waals surface area contributed by atoms with E-state index < -0.39 is 0 Å². The molecule has 0 spiro atoms. The average Bonchev–Trinajstić information content (AvgIpc) is 2.16. The first kappa shape index (κ1) is 13.1. The first-order valence-corrected chi connectivity index (χ1v) is 5.71. The molecule has 3 heteroatoms. The molecule has 0 saturated heterocycles. The molecule has 0 saturated carbocycles. The molecule has 16 heavy (non-hydrogen) atoms. The molecule has 0 amide bonds. The van der Waals surface area contributed by atoms with Crippen LogP contribution in [0.3, 0.4) is 0 Å². The number of benzene rings is 1. The van der Waals surface area contributed by atoms with Gasteiger partial charge in [0.2, 0.25) is 0 Å². The zero-order valence-electron chi connectivity index (χ0n) is 9.91. The van der Waals surface area contributed by atoms with E-state index in [1.54, 1.807) is 6.07 Å². The second-order valence-corrected chi connectivity index (χ2v) is 4.54. The SMILES string of the molecule is CC(C)CC(O)CNCc1cccc(F)c1. The number of nitrogens with one attached hydrogen (secondary N) is 1. The maximum absolute atomic E-state index is 12.8. The summed E-state index contributed by atoms with van der Waals surface area (Å²) in [4.78, 5) is 0. The zero-order chi connectivity index (χ0) is 12.0. The highest BCUT2D eigenvalue weighted by Gasteiger charge is 2.06. The lowest BCUT2D eigenvalue weighted by Gasteiger charge is -2.13. The van der Waals surface area contributed by atoms with E-state index in [4.69, 9.17) is 0 Å². The number of aliphatic hydroxyl groups is 1. The van der Waals surface area contributed by atoms with E-state index in [2.05, 4.69) is 19.2 Å². The third kappa shape index (κ3) is 5.24. The van der Waals surface area contributed by atoms with E-state index >= 15 is 0 Å². The second-order valence-electron chi connectivity index (χ2n) is 4.54. The molecule has 2 N–H and O–H groups in total. The van der Waals surface area contributed by atoms with Gasteiger partial charge in [-0.3, -0.25) is 0 Å². The van der Waals surface area contributed by atoms with Crippen LogP contribution in [0.15, 0.2) is 24.3 Å². The summed E-state index contributed by atoms with van der Waals surface area (Å²) in [5.74, 6) is 0.271. The number of hydrogen-bond acceptors (Lipinski definition) is 2. The van der Waals surface area contributed by atoms with Gasteiger partial charge in [-0.2, -0.15) is 0 Å². The molecule has 1 aromatic rings. The molecule has 1 aromatic carbocycles. The van der Waals surface area contributed by atoms with Gasteiger partial charge in [-0.25, -0.2) is 4.39 Å². The van der Waals surface area contributed by atoms with E-state index in [0.29, 0.717) is 19.0 Å². The minimum Gasteiger partial charge on any atom is -0.392 e. The van der Waals surface area contributed by atoms with Crippen LogP contribution in [0.2, 0.25) is 0 Å². The van der Waals surface area contributed by atoms with E-state index in [9.17, 15) is 9.50 Å². The highest BCUT2D eigenvalue weighted by Crippen LogP contribution is 2.05. The first-order valence-electron chi connectivity index (χ1n) is 5.71. The normalized spacial score (nSPS) is 13.1. The molecule has 0 radical (unpaired) electrons. The maximum Gasteiger partial charge on any atom is 0.123 e. The zero-order valence-corrected chi connectivity index (χ0v) is 9.91. The molecule has 0 aliphatic heterocycles. The Morgan fingerprint density at radius 1 is 1.38 bits per heavy atom. The third-order valence-electron chi connectivity index (χ3n) is 2.34. The lowest BCUT2D eigenvalue weighted by atomic mass is 10.1. The van der Waals surface area contributed by atoms with Crippen molar-refractivity contribution >= 4 is 0 Å². The molecule has 1 rings (SSSR count). The number of aliphatic hydroxyl groups excluding tert-OH is 1. The lowest BCUT2D eigenvalue weighted by Crippen LogP contribution is -2.27. The Balaban J connectivity index is 2.25. The first-order chi connectivity index (χ1) is 7.58. The molecule has 0 aliphatic rings. The average molecular weight is 225 g/mol. The number of hydrogen-bond donors (Lipinski definition) is 2. The highest BCUT2D eigenvalue weighted by molar-refractivity contribution is 5.15. The van der Waals surface area contributed by atoms with Crippen LogP contribution in [0, 0.1) is 11.7 Å². The summed E-state index contributed by atoms with van der Waals surface area (Å²) in [5.41, 5.74) is 0.900. The van der Waals surface area contributed by atoms with Crippen LogP contribution in [0.25, 0.3) is 0 Å². The van der Waals surface area contributed by atoms with Gasteiger partial charge < -0.3 is 10.4 Å². The molecule has 90 valence electrons. The summed E-state index contributed by atoms with van der Waals surface area (Å²) < 4.78 is 12.8. The van der Waals surface area contributed by atoms with Gasteiger partial charge in [-0.1, -0.05) is 26.0 Å². The molecule has 1 unspecified atom stereocenters. The number of rotatable bonds is 6. The largest absolute Gasteiger partial charge is 0.392 e. The molecule has 0 aromatic heterocycles. The Morgan fingerprint density at radius 2 is 2.12 bits per heavy atom. The fourth-order valence-corrected chi connectivity index (χ4v) is 1.66. The highest BCUT2D eigenvalue weighted by atomic mass is 19.1. The predicted octanol–water partition coefficient (Wildman–Crippen LogP) is 2.32. The predicted molar refractivity (Wildman–Crippen MR) is 63.6 cm³/mol. The van der Waals surface area contributed by atoms with Crippen molar-refractivity contribution in [2.24, 2.45) is 5.92 Å². The molecule has 0 fully saturated rings. The smallest absolute Gasteiger partial charge is 0.123 e. The van der Waals surface area contributed by atoms with Crippen molar-refractivity contribution in [2.45, 2.75) is 32.9 Å². The second kappa shape index (κ2) is 6.61. The van der Waals surface area contributed by atoms with Gasteiger partial charge in [0.25, 0.3) is 0 Å². The van der Waals surface area contributed by atoms with Gasteiger partial charge >= 0.3 is 0 Å².